The van der Waals surface area contributed by atoms with E-state index in [9.17, 15) is 9.59 Å². The summed E-state index contributed by atoms with van der Waals surface area (Å²) in [4.78, 5) is 23.5. The van der Waals surface area contributed by atoms with E-state index in [-0.39, 0.29) is 38.5 Å². The van der Waals surface area contributed by atoms with Crippen LogP contribution in [-0.2, 0) is 42.3 Å². The number of carbonyl (C=O) groups is 2. The average Bonchev–Trinajstić information content (AvgIpc) is 2.20. The van der Waals surface area contributed by atoms with Crippen LogP contribution in [0.3, 0.4) is 0 Å². The molecule has 0 atom stereocenters. The summed E-state index contributed by atoms with van der Waals surface area (Å²) in [5.74, 6) is 0.319. The Bertz CT molecular complexity index is 185. The Morgan fingerprint density at radius 2 is 1.80 bits per heavy atom. The normalized spacial score (nSPS) is 16.0. The number of hydrogen-bond donors (Lipinski definition) is 0. The van der Waals surface area contributed by atoms with Gasteiger partial charge in [0, 0.05) is 65.2 Å². The molecule has 3 nitrogen and oxygen atoms in total. The van der Waals surface area contributed by atoms with Crippen LogP contribution in [0.4, 0.5) is 0 Å². The fraction of sp³-hybridized carbons (Fsp3) is 0.636. The quantitative estimate of drug-likeness (QED) is 0.734. The molecule has 0 bridgehead atoms. The molecule has 0 amide bonds. The van der Waals surface area contributed by atoms with Gasteiger partial charge in [0.15, 0.2) is 0 Å². The molecular weight excluding hydrogens is 267 g/mol. The van der Waals surface area contributed by atoms with Crippen molar-refractivity contribution in [2.75, 3.05) is 19.6 Å². The van der Waals surface area contributed by atoms with Crippen molar-refractivity contribution in [3.05, 3.63) is 13.8 Å². The SMILES string of the molecule is [CH2-]C.[CH2-]C(=O)CCN1CCC(=O)CC1.[Y]. The third kappa shape index (κ3) is 9.22. The van der Waals surface area contributed by atoms with Crippen molar-refractivity contribution in [2.45, 2.75) is 26.2 Å². The molecule has 4 heteroatoms. The zero-order valence-electron chi connectivity index (χ0n) is 9.50. The van der Waals surface area contributed by atoms with Gasteiger partial charge in [-0.1, -0.05) is 0 Å². The Morgan fingerprint density at radius 3 is 2.20 bits per heavy atom. The molecule has 0 aromatic carbocycles. The minimum Gasteiger partial charge on any atom is -0.346 e. The molecule has 0 aromatic heterocycles. The third-order valence-electron chi connectivity index (χ3n) is 2.12. The predicted molar refractivity (Wildman–Crippen MR) is 56.7 cm³/mol. The van der Waals surface area contributed by atoms with Gasteiger partial charge in [0.05, 0.1) is 0 Å². The minimum atomic E-state index is -0.0214. The summed E-state index contributed by atoms with van der Waals surface area (Å²) >= 11 is 0. The fourth-order valence-electron chi connectivity index (χ4n) is 1.31. The summed E-state index contributed by atoms with van der Waals surface area (Å²) in [6.07, 6.45) is 1.80. The average molecular weight is 286 g/mol. The molecule has 0 saturated carbocycles. The first kappa shape index (κ1) is 17.7. The van der Waals surface area contributed by atoms with Crippen LogP contribution in [0.1, 0.15) is 26.2 Å². The van der Waals surface area contributed by atoms with Crippen LogP contribution in [0, 0.1) is 13.8 Å². The summed E-state index contributed by atoms with van der Waals surface area (Å²) in [6, 6.07) is 0. The van der Waals surface area contributed by atoms with Crippen molar-refractivity contribution in [1.29, 1.82) is 0 Å². The van der Waals surface area contributed by atoms with E-state index in [1.165, 1.54) is 0 Å². The Morgan fingerprint density at radius 1 is 1.33 bits per heavy atom. The number of likely N-dealkylation sites (tertiary alicyclic amines) is 1. The molecular formula is C11H19NO2Y-2. The molecule has 1 saturated heterocycles. The van der Waals surface area contributed by atoms with Gasteiger partial charge in [0.25, 0.3) is 0 Å². The number of nitrogens with zero attached hydrogens (tertiary/aromatic N) is 1. The number of ketones is 2. The molecule has 1 fully saturated rings. The van der Waals surface area contributed by atoms with Gasteiger partial charge < -0.3 is 23.5 Å². The number of piperidine rings is 1. The predicted octanol–water partition coefficient (Wildman–Crippen LogP) is 1.28. The number of carbonyl (C=O) groups excluding carboxylic acids is 2. The van der Waals surface area contributed by atoms with Crippen LogP contribution < -0.4 is 0 Å². The monoisotopic (exact) mass is 286 g/mol. The van der Waals surface area contributed by atoms with Gasteiger partial charge in [0.1, 0.15) is 5.78 Å². The van der Waals surface area contributed by atoms with E-state index >= 15 is 0 Å². The Kier molecular flexibility index (Phi) is 12.7. The van der Waals surface area contributed by atoms with Crippen molar-refractivity contribution in [2.24, 2.45) is 0 Å². The molecule has 0 N–H and O–H groups in total. The topological polar surface area (TPSA) is 37.4 Å². The molecule has 1 radical (unpaired) electrons. The largest absolute Gasteiger partial charge is 0.346 e. The smallest absolute Gasteiger partial charge is 0.135 e. The molecule has 1 heterocycles. The first-order valence-electron chi connectivity index (χ1n) is 4.98. The van der Waals surface area contributed by atoms with Crippen LogP contribution in [0.2, 0.25) is 0 Å². The van der Waals surface area contributed by atoms with Crippen molar-refractivity contribution < 1.29 is 42.3 Å². The number of rotatable bonds is 3. The molecule has 0 unspecified atom stereocenters. The zero-order valence-corrected chi connectivity index (χ0v) is 12.3. The van der Waals surface area contributed by atoms with E-state index in [1.54, 1.807) is 6.92 Å². The molecule has 1 rings (SSSR count). The van der Waals surface area contributed by atoms with Crippen molar-refractivity contribution >= 4 is 11.6 Å². The van der Waals surface area contributed by atoms with Gasteiger partial charge in [0.2, 0.25) is 0 Å². The van der Waals surface area contributed by atoms with Gasteiger partial charge in [-0.25, -0.2) is 0 Å². The minimum absolute atomic E-state index is 0. The third-order valence-corrected chi connectivity index (χ3v) is 2.12. The van der Waals surface area contributed by atoms with Crippen LogP contribution in [0.15, 0.2) is 0 Å². The second kappa shape index (κ2) is 10.8. The van der Waals surface area contributed by atoms with Crippen LogP contribution >= 0.6 is 0 Å². The molecule has 0 aromatic rings. The molecule has 15 heavy (non-hydrogen) atoms. The van der Waals surface area contributed by atoms with E-state index in [0.29, 0.717) is 25.0 Å². The maximum Gasteiger partial charge on any atom is 0.135 e. The fourth-order valence-corrected chi connectivity index (χ4v) is 1.31. The van der Waals surface area contributed by atoms with Gasteiger partial charge >= 0.3 is 0 Å². The summed E-state index contributed by atoms with van der Waals surface area (Å²) in [6.45, 7) is 10.7. The first-order chi connectivity index (χ1) is 6.68. The van der Waals surface area contributed by atoms with Crippen LogP contribution in [0.25, 0.3) is 0 Å². The Balaban J connectivity index is 0. The van der Waals surface area contributed by atoms with Crippen molar-refractivity contribution in [3.8, 4) is 0 Å². The van der Waals surface area contributed by atoms with E-state index < -0.39 is 0 Å². The standard InChI is InChI=1S/C9H14NO2.C2H5.Y/c1-8(11)2-5-10-6-3-9(12)4-7-10;1-2;/h1-7H2;1H2,2H3;/q2*-1;. The van der Waals surface area contributed by atoms with Gasteiger partial charge in [-0.3, -0.25) is 4.79 Å². The summed E-state index contributed by atoms with van der Waals surface area (Å²) < 4.78 is 0. The Labute approximate surface area is 118 Å². The summed E-state index contributed by atoms with van der Waals surface area (Å²) in [7, 11) is 0. The van der Waals surface area contributed by atoms with E-state index in [4.69, 9.17) is 0 Å². The van der Waals surface area contributed by atoms with Crippen molar-refractivity contribution in [3.63, 3.8) is 0 Å². The first-order valence-corrected chi connectivity index (χ1v) is 4.98. The van der Waals surface area contributed by atoms with E-state index in [2.05, 4.69) is 18.7 Å². The summed E-state index contributed by atoms with van der Waals surface area (Å²) in [5, 5.41) is 0. The van der Waals surface area contributed by atoms with Crippen LogP contribution in [-0.4, -0.2) is 36.1 Å². The maximum atomic E-state index is 10.8. The molecule has 0 spiro atoms. The van der Waals surface area contributed by atoms with Gasteiger partial charge in [-0.15, -0.1) is 0 Å². The number of Topliss-reactive ketones (excluding diaryl/α,β-unsaturated/α-hetero) is 2. The number of hydrogen-bond acceptors (Lipinski definition) is 3. The second-order valence-corrected chi connectivity index (χ2v) is 3.17. The molecule has 0 aliphatic carbocycles. The summed E-state index contributed by atoms with van der Waals surface area (Å²) in [5.41, 5.74) is 0. The maximum absolute atomic E-state index is 10.8. The van der Waals surface area contributed by atoms with E-state index in [1.807, 2.05) is 0 Å². The molecule has 1 aliphatic heterocycles. The van der Waals surface area contributed by atoms with E-state index in [0.717, 1.165) is 19.6 Å². The zero-order chi connectivity index (χ0) is 11.0. The van der Waals surface area contributed by atoms with Gasteiger partial charge in [-0.2, -0.15) is 6.92 Å². The van der Waals surface area contributed by atoms with Crippen LogP contribution in [0.5, 0.6) is 0 Å². The van der Waals surface area contributed by atoms with Crippen molar-refractivity contribution in [1.82, 2.24) is 4.90 Å². The molecule has 1 aliphatic rings. The second-order valence-electron chi connectivity index (χ2n) is 3.17. The molecule has 85 valence electrons. The van der Waals surface area contributed by atoms with Gasteiger partial charge in [-0.05, 0) is 12.2 Å². The Hall–Kier alpha value is 0.274.